The SMILES string of the molecule is C#CCn1c(O)c(N=NC(=O)C2CC(C)NN2)c2ccccc21. The Kier molecular flexibility index (Phi) is 4.10. The van der Waals surface area contributed by atoms with Gasteiger partial charge in [0.25, 0.3) is 5.91 Å². The average molecular weight is 311 g/mol. The molecule has 0 aliphatic carbocycles. The molecule has 0 radical (unpaired) electrons. The molecular formula is C16H17N5O2. The molecule has 23 heavy (non-hydrogen) atoms. The Morgan fingerprint density at radius 1 is 1.48 bits per heavy atom. The van der Waals surface area contributed by atoms with E-state index in [1.165, 1.54) is 0 Å². The number of fused-ring (bicyclic) bond motifs is 1. The van der Waals surface area contributed by atoms with Crippen LogP contribution in [0, 0.1) is 12.3 Å². The maximum absolute atomic E-state index is 12.1. The zero-order valence-electron chi connectivity index (χ0n) is 12.7. The summed E-state index contributed by atoms with van der Waals surface area (Å²) in [5.74, 6) is 2.02. The summed E-state index contributed by atoms with van der Waals surface area (Å²) in [6.07, 6.45) is 5.98. The normalized spacial score (nSPS) is 21.0. The molecule has 0 saturated carbocycles. The molecule has 2 unspecified atom stereocenters. The number of carbonyl (C=O) groups excluding carboxylic acids is 1. The van der Waals surface area contributed by atoms with Crippen LogP contribution >= 0.6 is 0 Å². The molecule has 2 atom stereocenters. The number of para-hydroxylation sites is 1. The summed E-state index contributed by atoms with van der Waals surface area (Å²) in [7, 11) is 0. The molecule has 1 aliphatic rings. The van der Waals surface area contributed by atoms with Crippen LogP contribution < -0.4 is 10.9 Å². The Morgan fingerprint density at radius 2 is 2.26 bits per heavy atom. The summed E-state index contributed by atoms with van der Waals surface area (Å²) < 4.78 is 1.56. The molecule has 1 fully saturated rings. The summed E-state index contributed by atoms with van der Waals surface area (Å²) in [6.45, 7) is 2.18. The van der Waals surface area contributed by atoms with Gasteiger partial charge in [0.15, 0.2) is 5.69 Å². The zero-order chi connectivity index (χ0) is 16.4. The second kappa shape index (κ2) is 6.20. The van der Waals surface area contributed by atoms with Crippen LogP contribution in [0.15, 0.2) is 34.5 Å². The van der Waals surface area contributed by atoms with E-state index in [4.69, 9.17) is 6.42 Å². The first-order valence-electron chi connectivity index (χ1n) is 7.32. The van der Waals surface area contributed by atoms with Crippen LogP contribution in [0.1, 0.15) is 13.3 Å². The first-order chi connectivity index (χ1) is 11.1. The Bertz CT molecular complexity index is 818. The van der Waals surface area contributed by atoms with Crippen LogP contribution in [0.3, 0.4) is 0 Å². The molecular weight excluding hydrogens is 294 g/mol. The highest BCUT2D eigenvalue weighted by Crippen LogP contribution is 2.38. The Hall–Kier alpha value is -2.69. The monoisotopic (exact) mass is 311 g/mol. The summed E-state index contributed by atoms with van der Waals surface area (Å²) in [5.41, 5.74) is 6.84. The lowest BCUT2D eigenvalue weighted by molar-refractivity contribution is -0.120. The third-order valence-electron chi connectivity index (χ3n) is 3.81. The minimum absolute atomic E-state index is 0.0911. The van der Waals surface area contributed by atoms with Gasteiger partial charge in [-0.1, -0.05) is 24.1 Å². The first kappa shape index (κ1) is 15.2. The largest absolute Gasteiger partial charge is 0.493 e. The van der Waals surface area contributed by atoms with E-state index in [2.05, 4.69) is 27.0 Å². The van der Waals surface area contributed by atoms with Crippen molar-refractivity contribution in [2.75, 3.05) is 0 Å². The van der Waals surface area contributed by atoms with Crippen molar-refractivity contribution in [3.63, 3.8) is 0 Å². The molecule has 2 aromatic rings. The Balaban J connectivity index is 1.94. The summed E-state index contributed by atoms with van der Waals surface area (Å²) in [5, 5.41) is 18.8. The molecule has 2 heterocycles. The molecule has 0 spiro atoms. The number of benzene rings is 1. The van der Waals surface area contributed by atoms with E-state index in [1.807, 2.05) is 25.1 Å². The molecule has 1 amide bonds. The number of aromatic hydroxyl groups is 1. The van der Waals surface area contributed by atoms with Crippen molar-refractivity contribution in [3.8, 4) is 18.2 Å². The van der Waals surface area contributed by atoms with Crippen LogP contribution in [0.4, 0.5) is 5.69 Å². The van der Waals surface area contributed by atoms with Gasteiger partial charge in [-0.05, 0) is 19.4 Å². The van der Waals surface area contributed by atoms with Gasteiger partial charge in [-0.25, -0.2) is 5.43 Å². The summed E-state index contributed by atoms with van der Waals surface area (Å²) in [6, 6.07) is 7.10. The second-order valence-electron chi connectivity index (χ2n) is 5.50. The number of hydrogen-bond acceptors (Lipinski definition) is 5. The predicted molar refractivity (Wildman–Crippen MR) is 86.1 cm³/mol. The van der Waals surface area contributed by atoms with Crippen molar-refractivity contribution in [1.82, 2.24) is 15.4 Å². The van der Waals surface area contributed by atoms with E-state index >= 15 is 0 Å². The second-order valence-corrected chi connectivity index (χ2v) is 5.50. The van der Waals surface area contributed by atoms with Crippen LogP contribution in [0.25, 0.3) is 10.9 Å². The lowest BCUT2D eigenvalue weighted by Gasteiger charge is -2.02. The molecule has 118 valence electrons. The molecule has 1 aromatic carbocycles. The standard InChI is InChI=1S/C16H17N5O2/c1-3-8-21-13-7-5-4-6-11(13)14(16(21)23)19-20-15(22)12-9-10(2)17-18-12/h1,4-7,10,12,17-18,23H,8-9H2,2H3. The fourth-order valence-electron chi connectivity index (χ4n) is 2.67. The number of nitrogens with one attached hydrogen (secondary N) is 2. The minimum atomic E-state index is -0.407. The molecule has 0 bridgehead atoms. The van der Waals surface area contributed by atoms with E-state index in [0.29, 0.717) is 11.8 Å². The van der Waals surface area contributed by atoms with Crippen LogP contribution in [0.2, 0.25) is 0 Å². The molecule has 1 aromatic heterocycles. The van der Waals surface area contributed by atoms with Crippen molar-refractivity contribution in [2.45, 2.75) is 32.0 Å². The Morgan fingerprint density at radius 3 is 2.96 bits per heavy atom. The fourth-order valence-corrected chi connectivity index (χ4v) is 2.67. The zero-order valence-corrected chi connectivity index (χ0v) is 12.7. The van der Waals surface area contributed by atoms with E-state index in [0.717, 1.165) is 5.52 Å². The van der Waals surface area contributed by atoms with Gasteiger partial charge < -0.3 is 5.11 Å². The lowest BCUT2D eigenvalue weighted by Crippen LogP contribution is -2.36. The highest BCUT2D eigenvalue weighted by Gasteiger charge is 2.26. The van der Waals surface area contributed by atoms with Crippen molar-refractivity contribution in [3.05, 3.63) is 24.3 Å². The number of terminal acetylenes is 1. The van der Waals surface area contributed by atoms with Gasteiger partial charge in [-0.15, -0.1) is 16.7 Å². The van der Waals surface area contributed by atoms with Crippen molar-refractivity contribution in [2.24, 2.45) is 10.2 Å². The minimum Gasteiger partial charge on any atom is -0.493 e. The van der Waals surface area contributed by atoms with Crippen LogP contribution in [-0.2, 0) is 11.3 Å². The quantitative estimate of drug-likeness (QED) is 0.596. The van der Waals surface area contributed by atoms with E-state index in [-0.39, 0.29) is 30.1 Å². The topological polar surface area (TPSA) is 91.0 Å². The van der Waals surface area contributed by atoms with Gasteiger partial charge in [-0.3, -0.25) is 14.8 Å². The smallest absolute Gasteiger partial charge is 0.282 e. The third-order valence-corrected chi connectivity index (χ3v) is 3.81. The number of hydrazine groups is 1. The van der Waals surface area contributed by atoms with Crippen molar-refractivity contribution < 1.29 is 9.90 Å². The number of nitrogens with zero attached hydrogens (tertiary/aromatic N) is 3. The van der Waals surface area contributed by atoms with Crippen LogP contribution in [-0.4, -0.2) is 27.7 Å². The summed E-state index contributed by atoms with van der Waals surface area (Å²) >= 11 is 0. The molecule has 3 N–H and O–H groups in total. The molecule has 7 nitrogen and oxygen atoms in total. The first-order valence-corrected chi connectivity index (χ1v) is 7.32. The number of amides is 1. The number of aromatic nitrogens is 1. The molecule has 1 aliphatic heterocycles. The van der Waals surface area contributed by atoms with Gasteiger partial charge in [0.2, 0.25) is 5.88 Å². The predicted octanol–water partition coefficient (Wildman–Crippen LogP) is 1.85. The lowest BCUT2D eigenvalue weighted by atomic mass is 10.1. The van der Waals surface area contributed by atoms with Crippen molar-refractivity contribution in [1.29, 1.82) is 0 Å². The molecule has 1 saturated heterocycles. The van der Waals surface area contributed by atoms with Gasteiger partial charge >= 0.3 is 0 Å². The van der Waals surface area contributed by atoms with Crippen LogP contribution in [0.5, 0.6) is 5.88 Å². The molecule has 7 heteroatoms. The Labute approximate surface area is 133 Å². The highest BCUT2D eigenvalue weighted by atomic mass is 16.3. The number of hydrogen-bond donors (Lipinski definition) is 3. The van der Waals surface area contributed by atoms with Gasteiger partial charge in [-0.2, -0.15) is 0 Å². The van der Waals surface area contributed by atoms with E-state index in [9.17, 15) is 9.90 Å². The maximum Gasteiger partial charge on any atom is 0.282 e. The van der Waals surface area contributed by atoms with E-state index in [1.54, 1.807) is 10.6 Å². The maximum atomic E-state index is 12.1. The number of rotatable bonds is 3. The fraction of sp³-hybridized carbons (Fsp3) is 0.312. The third kappa shape index (κ3) is 2.82. The van der Waals surface area contributed by atoms with Crippen molar-refractivity contribution >= 4 is 22.5 Å². The van der Waals surface area contributed by atoms with Gasteiger partial charge in [0, 0.05) is 11.4 Å². The van der Waals surface area contributed by atoms with Gasteiger partial charge in [0.1, 0.15) is 6.04 Å². The highest BCUT2D eigenvalue weighted by molar-refractivity contribution is 5.95. The van der Waals surface area contributed by atoms with E-state index < -0.39 is 6.04 Å². The average Bonchev–Trinajstić information content (AvgIpc) is 3.09. The number of azo groups is 1. The number of carbonyl (C=O) groups is 1. The van der Waals surface area contributed by atoms with Gasteiger partial charge in [0.05, 0.1) is 12.1 Å². The summed E-state index contributed by atoms with van der Waals surface area (Å²) in [4.78, 5) is 12.1. The molecule has 3 rings (SSSR count).